The number of nitrogen functional groups attached to an aromatic ring is 2. The van der Waals surface area contributed by atoms with Crippen LogP contribution in [0.5, 0.6) is 11.5 Å². The second-order valence-corrected chi connectivity index (χ2v) is 13.8. The number of aromatic hydroxyl groups is 2. The van der Waals surface area contributed by atoms with Crippen LogP contribution < -0.4 is 11.5 Å². The number of hydrogen-bond donors (Lipinski definition) is 6. The predicted octanol–water partition coefficient (Wildman–Crippen LogP) is 8.82. The van der Waals surface area contributed by atoms with Gasteiger partial charge in [-0.2, -0.15) is 32.2 Å². The molecule has 0 bridgehead atoms. The van der Waals surface area contributed by atoms with E-state index in [1.165, 1.54) is 12.1 Å². The minimum atomic E-state index is -5.04. The largest absolute Gasteiger partial charge is 0.508 e. The van der Waals surface area contributed by atoms with Gasteiger partial charge in [0.15, 0.2) is 5.75 Å². The number of nitrogens with two attached hydrogens (primary N) is 2. The smallest absolute Gasteiger partial charge is 0.296 e. The fraction of sp³-hybridized carbons (Fsp3) is 0. The number of rotatable bonds is 9. The number of azo groups is 3. The molecule has 52 heavy (non-hydrogen) atoms. The Morgan fingerprint density at radius 2 is 1.00 bits per heavy atom. The van der Waals surface area contributed by atoms with Crippen LogP contribution in [0.1, 0.15) is 0 Å². The number of nitrogens with zero attached hydrogens (tertiary/aromatic N) is 6. The van der Waals surface area contributed by atoms with Gasteiger partial charge in [0.25, 0.3) is 20.2 Å². The molecule has 0 aliphatic heterocycles. The van der Waals surface area contributed by atoms with Gasteiger partial charge < -0.3 is 21.7 Å². The van der Waals surface area contributed by atoms with Gasteiger partial charge in [-0.1, -0.05) is 42.5 Å². The Kier molecular flexibility index (Phi) is 9.46. The van der Waals surface area contributed by atoms with E-state index in [0.29, 0.717) is 11.4 Å². The monoisotopic (exact) mass is 738 g/mol. The van der Waals surface area contributed by atoms with Gasteiger partial charge in [-0.05, 0) is 77.2 Å². The molecule has 0 amide bonds. The van der Waals surface area contributed by atoms with E-state index in [9.17, 15) is 36.2 Å². The number of phenolic OH excluding ortho intramolecular Hbond substituents is 2. The third-order valence-corrected chi connectivity index (χ3v) is 9.24. The van der Waals surface area contributed by atoms with Crippen LogP contribution in [0.2, 0.25) is 0 Å². The summed E-state index contributed by atoms with van der Waals surface area (Å²) in [5.74, 6) is -0.840. The first-order chi connectivity index (χ1) is 24.7. The molecule has 0 aliphatic rings. The van der Waals surface area contributed by atoms with E-state index in [-0.39, 0.29) is 33.6 Å². The molecular formula is C34H26N8O8S2. The molecule has 0 saturated carbocycles. The van der Waals surface area contributed by atoms with Crippen LogP contribution in [0.4, 0.5) is 45.5 Å². The van der Waals surface area contributed by atoms with Crippen molar-refractivity contribution >= 4 is 76.5 Å². The Labute approximate surface area is 295 Å². The summed E-state index contributed by atoms with van der Waals surface area (Å²) < 4.78 is 69.3. The van der Waals surface area contributed by atoms with Gasteiger partial charge in [0.1, 0.15) is 32.6 Å². The van der Waals surface area contributed by atoms with Crippen molar-refractivity contribution in [3.63, 3.8) is 0 Å². The lowest BCUT2D eigenvalue weighted by Crippen LogP contribution is -2.03. The second-order valence-electron chi connectivity index (χ2n) is 11.0. The Bertz CT molecular complexity index is 2650. The van der Waals surface area contributed by atoms with Crippen LogP contribution in [-0.4, -0.2) is 36.2 Å². The number of hydrogen-bond acceptors (Lipinski definition) is 14. The molecule has 0 aromatic heterocycles. The standard InChI is InChI=1S/C34H26N8O8S2/c35-26-18-25(43)14-15-27(26)40-37-23-10-6-19(7-11-23)20-8-12-24(13-9-20)39-41-32-28(51(45,46)47)16-21-17-29(52(48,49)50)33(34(44)30(21)31(32)36)42-38-22-4-2-1-3-5-22/h1-18,43-44H,35-36H2,(H,45,46,47)(H,48,49,50). The van der Waals surface area contributed by atoms with Crippen molar-refractivity contribution in [2.45, 2.75) is 9.79 Å². The van der Waals surface area contributed by atoms with E-state index in [0.717, 1.165) is 23.3 Å². The van der Waals surface area contributed by atoms with Crippen LogP contribution in [0.25, 0.3) is 21.9 Å². The van der Waals surface area contributed by atoms with E-state index in [1.54, 1.807) is 72.8 Å². The fourth-order valence-electron chi connectivity index (χ4n) is 5.00. The SMILES string of the molecule is Nc1cc(O)ccc1N=Nc1ccc(-c2ccc(N=Nc3c(S(=O)(=O)O)cc4cc(S(=O)(=O)O)c(N=Nc5ccccc5)c(O)c4c3N)cc2)cc1. The lowest BCUT2D eigenvalue weighted by Gasteiger charge is -2.14. The molecule has 0 unspecified atom stereocenters. The summed E-state index contributed by atoms with van der Waals surface area (Å²) in [5, 5.41) is 44.2. The molecule has 18 heteroatoms. The lowest BCUT2D eigenvalue weighted by atomic mass is 10.0. The van der Waals surface area contributed by atoms with E-state index in [4.69, 9.17) is 11.5 Å². The first-order valence-corrected chi connectivity index (χ1v) is 17.7. The summed E-state index contributed by atoms with van der Waals surface area (Å²) in [4.78, 5) is -1.74. The zero-order valence-corrected chi connectivity index (χ0v) is 28.1. The Balaban J connectivity index is 1.33. The number of fused-ring (bicyclic) bond motifs is 1. The molecule has 6 rings (SSSR count). The van der Waals surface area contributed by atoms with Crippen LogP contribution >= 0.6 is 0 Å². The van der Waals surface area contributed by atoms with Gasteiger partial charge in [0.05, 0.1) is 33.8 Å². The summed E-state index contributed by atoms with van der Waals surface area (Å²) in [5.41, 5.74) is 13.8. The number of phenols is 2. The molecule has 0 aliphatic carbocycles. The fourth-order valence-corrected chi connectivity index (χ4v) is 6.33. The number of anilines is 2. The van der Waals surface area contributed by atoms with E-state index in [1.807, 2.05) is 12.1 Å². The third kappa shape index (κ3) is 7.59. The summed E-state index contributed by atoms with van der Waals surface area (Å²) in [7, 11) is -10.1. The minimum absolute atomic E-state index is 0.0193. The maximum Gasteiger partial charge on any atom is 0.296 e. The van der Waals surface area contributed by atoms with Crippen molar-refractivity contribution in [3.05, 3.63) is 109 Å². The second kappa shape index (κ2) is 14.0. The molecule has 0 heterocycles. The third-order valence-electron chi connectivity index (χ3n) is 7.51. The topological polar surface area (TPSA) is 275 Å². The van der Waals surface area contributed by atoms with Gasteiger partial charge in [-0.3, -0.25) is 9.11 Å². The average molecular weight is 739 g/mol. The van der Waals surface area contributed by atoms with Gasteiger partial charge in [0.2, 0.25) is 0 Å². The molecule has 6 aromatic carbocycles. The maximum atomic E-state index is 12.4. The first-order valence-electron chi connectivity index (χ1n) is 14.9. The van der Waals surface area contributed by atoms with E-state index in [2.05, 4.69) is 30.7 Å². The normalized spacial score (nSPS) is 12.4. The maximum absolute atomic E-state index is 12.4. The van der Waals surface area contributed by atoms with Crippen LogP contribution in [0.15, 0.2) is 150 Å². The van der Waals surface area contributed by atoms with Gasteiger partial charge in [-0.15, -0.1) is 15.3 Å². The summed E-state index contributed by atoms with van der Waals surface area (Å²) in [6.07, 6.45) is 0. The quantitative estimate of drug-likeness (QED) is 0.0465. The number of benzene rings is 6. The summed E-state index contributed by atoms with van der Waals surface area (Å²) >= 11 is 0. The van der Waals surface area contributed by atoms with Gasteiger partial charge >= 0.3 is 0 Å². The van der Waals surface area contributed by atoms with E-state index >= 15 is 0 Å². The molecule has 0 atom stereocenters. The van der Waals surface area contributed by atoms with Crippen LogP contribution in [-0.2, 0) is 20.2 Å². The first kappa shape index (κ1) is 35.2. The van der Waals surface area contributed by atoms with Crippen molar-refractivity contribution in [2.75, 3.05) is 11.5 Å². The van der Waals surface area contributed by atoms with Crippen molar-refractivity contribution < 1.29 is 36.2 Å². The van der Waals surface area contributed by atoms with Gasteiger partial charge in [0, 0.05) is 6.07 Å². The molecular weight excluding hydrogens is 713 g/mol. The van der Waals surface area contributed by atoms with Crippen molar-refractivity contribution in [3.8, 4) is 22.6 Å². The minimum Gasteiger partial charge on any atom is -0.508 e. The molecule has 6 aromatic rings. The Morgan fingerprint density at radius 3 is 1.52 bits per heavy atom. The van der Waals surface area contributed by atoms with Gasteiger partial charge in [-0.25, -0.2) is 0 Å². The lowest BCUT2D eigenvalue weighted by molar-refractivity contribution is 0.472. The van der Waals surface area contributed by atoms with Crippen molar-refractivity contribution in [2.24, 2.45) is 30.7 Å². The molecule has 0 saturated heterocycles. The zero-order valence-electron chi connectivity index (χ0n) is 26.5. The van der Waals surface area contributed by atoms with Crippen molar-refractivity contribution in [1.29, 1.82) is 0 Å². The van der Waals surface area contributed by atoms with Crippen LogP contribution in [0, 0.1) is 0 Å². The average Bonchev–Trinajstić information content (AvgIpc) is 3.10. The highest BCUT2D eigenvalue weighted by molar-refractivity contribution is 7.86. The zero-order chi connectivity index (χ0) is 37.2. The molecule has 0 radical (unpaired) electrons. The predicted molar refractivity (Wildman–Crippen MR) is 193 cm³/mol. The Morgan fingerprint density at radius 1 is 0.519 bits per heavy atom. The molecule has 0 fully saturated rings. The summed E-state index contributed by atoms with van der Waals surface area (Å²) in [6, 6.07) is 27.8. The highest BCUT2D eigenvalue weighted by atomic mass is 32.2. The molecule has 262 valence electrons. The van der Waals surface area contributed by atoms with Crippen molar-refractivity contribution in [1.82, 2.24) is 0 Å². The molecule has 8 N–H and O–H groups in total. The summed E-state index contributed by atoms with van der Waals surface area (Å²) in [6.45, 7) is 0. The highest BCUT2D eigenvalue weighted by Gasteiger charge is 2.28. The molecule has 16 nitrogen and oxygen atoms in total. The molecule has 0 spiro atoms. The highest BCUT2D eigenvalue weighted by Crippen LogP contribution is 2.48. The Hall–Kier alpha value is -6.60. The van der Waals surface area contributed by atoms with E-state index < -0.39 is 52.8 Å². The van der Waals surface area contributed by atoms with Crippen LogP contribution in [0.3, 0.4) is 0 Å².